The van der Waals surface area contributed by atoms with Gasteiger partial charge in [0.05, 0.1) is 0 Å². The third-order valence-electron chi connectivity index (χ3n) is 8.21. The van der Waals surface area contributed by atoms with Crippen molar-refractivity contribution >= 4 is 57.7 Å². The molecule has 0 aliphatic carbocycles. The fourth-order valence-electron chi connectivity index (χ4n) is 4.06. The predicted octanol–water partition coefficient (Wildman–Crippen LogP) is 13.4. The Labute approximate surface area is 692 Å². The van der Waals surface area contributed by atoms with E-state index in [2.05, 4.69) is 64.8 Å². The Morgan fingerprint density at radius 3 is 0.220 bits per heavy atom. The molecule has 0 N–H and O–H groups in total. The van der Waals surface area contributed by atoms with Gasteiger partial charge in [-0.1, -0.05) is 78.9 Å². The summed E-state index contributed by atoms with van der Waals surface area (Å²) in [6.45, 7) is 0. The van der Waals surface area contributed by atoms with Crippen molar-refractivity contribution in [3.05, 3.63) is 398 Å². The summed E-state index contributed by atoms with van der Waals surface area (Å²) in [5, 5.41) is 0. The van der Waals surface area contributed by atoms with Crippen LogP contribution in [-0.4, -0.2) is 148 Å². The van der Waals surface area contributed by atoms with Gasteiger partial charge in [0.2, 0.25) is 0 Å². The maximum absolute atomic E-state index is 10.7. The molecule has 0 atom stereocenters. The number of aromatic nitrogens is 13. The van der Waals surface area contributed by atoms with Gasteiger partial charge in [0, 0.05) is 161 Å². The zero-order valence-electron chi connectivity index (χ0n) is 56.4. The van der Waals surface area contributed by atoms with Crippen LogP contribution in [0.2, 0.25) is 0 Å². The number of hydrogen-bond donors (Lipinski definition) is 0. The normalized spacial score (nSPS) is 8.81. The van der Waals surface area contributed by atoms with Crippen LogP contribution in [-0.2, 0) is 52.3 Å². The van der Waals surface area contributed by atoms with E-state index in [-0.39, 0.29) is 111 Å². The summed E-state index contributed by atoms with van der Waals surface area (Å²) < 4.78 is 177. The molecule has 41 heteroatoms. The van der Waals surface area contributed by atoms with E-state index in [0.717, 1.165) is 0 Å². The first kappa shape index (κ1) is 121. The topological polar surface area (TPSA) is 453 Å². The molecule has 0 amide bonds. The fourth-order valence-corrected chi connectivity index (χ4v) is 4.06. The molecule has 0 radical (unpaired) electrons. The molecule has 0 unspecified atom stereocenters. The van der Waals surface area contributed by atoms with Gasteiger partial charge in [-0.15, -0.1) is 0 Å². The molecule has 0 saturated heterocycles. The molecule has 13 aromatic rings. The maximum Gasteiger partial charge on any atom is 4.00 e. The number of hydrogen-bond acceptors (Lipinski definition) is 22. The minimum Gasteiger partial charge on any atom is -2.00 e. The van der Waals surface area contributed by atoms with Gasteiger partial charge in [0.25, 0.3) is 0 Å². The summed E-state index contributed by atoms with van der Waals surface area (Å²) in [6, 6.07) is 74.3. The molecule has 0 aliphatic rings. The predicted molar refractivity (Wildman–Crippen MR) is 371 cm³/mol. The van der Waals surface area contributed by atoms with Crippen molar-refractivity contribution in [3.63, 3.8) is 0 Å². The van der Waals surface area contributed by atoms with Crippen LogP contribution in [0.4, 0.5) is 39.5 Å². The van der Waals surface area contributed by atoms with Crippen molar-refractivity contribution in [1.82, 2.24) is 64.8 Å². The fraction of sp³-hybridized carbons (Fsp3) is 0.0441. The van der Waals surface area contributed by atoms with Crippen molar-refractivity contribution in [3.8, 4) is 0 Å². The van der Waals surface area contributed by atoms with Gasteiger partial charge in [0.1, 0.15) is 0 Å². The third kappa shape index (κ3) is 101. The molecule has 0 saturated carbocycles. The molecule has 0 spiro atoms. The quantitative estimate of drug-likeness (QED) is 0.0589. The molecule has 0 fully saturated rings. The Balaban J connectivity index is -0.000000119. The molecule has 0 bridgehead atoms. The first-order valence-electron chi connectivity index (χ1n) is 27.9. The molecule has 13 aromatic heterocycles. The number of pyridine rings is 13. The first-order valence-corrected chi connectivity index (χ1v) is 32.1. The minimum atomic E-state index is -6.09. The van der Waals surface area contributed by atoms with E-state index in [0.29, 0.717) is 0 Å². The van der Waals surface area contributed by atoms with Crippen molar-refractivity contribution < 1.29 is 163 Å². The molecular weight excluding hydrogens is 2150 g/mol. The maximum atomic E-state index is 10.7. The van der Waals surface area contributed by atoms with Gasteiger partial charge in [-0.05, 0) is 158 Å². The Kier molecular flexibility index (Phi) is 95.6. The molecule has 109 heavy (non-hydrogen) atoms. The summed E-state index contributed by atoms with van der Waals surface area (Å²) in [5.74, 6) is 0. The number of nitrogens with zero attached hydrogens (tertiary/aromatic N) is 13. The Hall–Kier alpha value is -9.08. The van der Waals surface area contributed by atoms with Crippen molar-refractivity contribution in [1.29, 1.82) is 0 Å². The van der Waals surface area contributed by atoms with E-state index in [4.69, 9.17) is 38.9 Å². The molecular formula is C68H65F9N13O13S3TlU2. The molecule has 13 rings (SSSR count). The summed E-state index contributed by atoms with van der Waals surface area (Å²) in [7, 11) is -18.3. The smallest absolute Gasteiger partial charge is 2.00 e. The van der Waals surface area contributed by atoms with Gasteiger partial charge in [0.15, 0.2) is 30.4 Å². The van der Waals surface area contributed by atoms with Gasteiger partial charge >= 0.3 is 106 Å². The number of halogens is 9. The zero-order chi connectivity index (χ0) is 76.2. The van der Waals surface area contributed by atoms with Crippen LogP contribution in [0.3, 0.4) is 0 Å². The monoisotopic (exact) mass is 2220 g/mol. The Morgan fingerprint density at radius 2 is 0.211 bits per heavy atom. The average Bonchev–Trinajstić information content (AvgIpc) is 0.887. The van der Waals surface area contributed by atoms with Crippen LogP contribution >= 0.6 is 0 Å². The summed E-state index contributed by atoms with van der Waals surface area (Å²) in [6.07, 6.45) is 45.5. The van der Waals surface area contributed by atoms with E-state index < -0.39 is 46.9 Å². The largest absolute Gasteiger partial charge is 4.00 e. The Morgan fingerprint density at radius 1 is 0.165 bits per heavy atom. The Bertz CT molecular complexity index is 2850. The molecule has 572 valence electrons. The van der Waals surface area contributed by atoms with Gasteiger partial charge in [-0.25, -0.2) is 25.3 Å². The second kappa shape index (κ2) is 86.2. The standard InChI is InChI=1S/13C5H5N.3CHF3O3S.4O.Tl.2U/c13*1-2-4-6-5-3-1;3*2-1(3,4)8(5,6)7;;;;;;;/h13*1-5H;3*(H,5,6,7);;;;;;;/q;;;;;;;;;;;;;;;;4*-2;+3;2*+4/p-3. The van der Waals surface area contributed by atoms with E-state index in [9.17, 15) is 39.5 Å². The first-order chi connectivity index (χ1) is 48.8. The van der Waals surface area contributed by atoms with Crippen LogP contribution in [0, 0.1) is 62.2 Å². The van der Waals surface area contributed by atoms with Crippen LogP contribution in [0.25, 0.3) is 0 Å². The van der Waals surface area contributed by atoms with Crippen LogP contribution in [0.15, 0.2) is 398 Å². The van der Waals surface area contributed by atoms with Crippen LogP contribution in [0.5, 0.6) is 0 Å². The SMILES string of the molecule is O=S(=O)([O-])C(F)(F)F.O=S(=O)([O-])C(F)(F)F.O=S(=O)([O-])C(F)(F)F.[O-2].[O-2].[O-2].[O-2].[Tl+3].[U+4].[U+4].c1ccncc1.c1ccncc1.c1ccncc1.c1ccncc1.c1ccncc1.c1ccncc1.c1ccncc1.c1ccncc1.c1ccncc1.c1ccncc1.c1ccncc1.c1ccncc1.c1ccncc1. The molecule has 0 aromatic carbocycles. The summed E-state index contributed by atoms with van der Waals surface area (Å²) >= 11 is 0. The van der Waals surface area contributed by atoms with E-state index in [1.54, 1.807) is 161 Å². The van der Waals surface area contributed by atoms with Gasteiger partial charge < -0.3 is 35.6 Å². The van der Waals surface area contributed by atoms with Gasteiger partial charge in [-0.2, -0.15) is 39.5 Å². The molecule has 26 nitrogen and oxygen atoms in total. The summed E-state index contributed by atoms with van der Waals surface area (Å²) in [5.41, 5.74) is -16.9. The summed E-state index contributed by atoms with van der Waals surface area (Å²) in [4.78, 5) is 49.2. The average molecular weight is 2220 g/mol. The third-order valence-corrected chi connectivity index (χ3v) is 9.92. The second-order valence-electron chi connectivity index (χ2n) is 16.0. The van der Waals surface area contributed by atoms with E-state index in [1.165, 1.54) is 0 Å². The minimum absolute atomic E-state index is 0. The molecule has 13 heterocycles. The zero-order valence-corrected chi connectivity index (χ0v) is 71.6. The van der Waals surface area contributed by atoms with Gasteiger partial charge in [-0.3, -0.25) is 64.8 Å². The number of rotatable bonds is 0. The van der Waals surface area contributed by atoms with Crippen molar-refractivity contribution in [2.24, 2.45) is 0 Å². The number of alkyl halides is 9. The van der Waals surface area contributed by atoms with E-state index >= 15 is 0 Å². The molecule has 0 aliphatic heterocycles. The second-order valence-corrected chi connectivity index (χ2v) is 20.1. The van der Waals surface area contributed by atoms with E-state index in [1.807, 2.05) is 237 Å². The van der Waals surface area contributed by atoms with Crippen molar-refractivity contribution in [2.45, 2.75) is 16.5 Å². The van der Waals surface area contributed by atoms with Crippen molar-refractivity contribution in [2.75, 3.05) is 0 Å². The van der Waals surface area contributed by atoms with Crippen LogP contribution < -0.4 is 0 Å². The van der Waals surface area contributed by atoms with Crippen LogP contribution in [0.1, 0.15) is 0 Å².